The molecule has 16 heavy (non-hydrogen) atoms. The SMILES string of the molecule is Cc1cc(C(C)(C)CNCCS)ccc1F. The molecule has 0 saturated carbocycles. The molecule has 0 aliphatic heterocycles. The fraction of sp³-hybridized carbons (Fsp3) is 0.538. The monoisotopic (exact) mass is 241 g/mol. The summed E-state index contributed by atoms with van der Waals surface area (Å²) in [4.78, 5) is 0. The Morgan fingerprint density at radius 3 is 2.62 bits per heavy atom. The van der Waals surface area contributed by atoms with E-state index < -0.39 is 0 Å². The first kappa shape index (κ1) is 13.5. The molecule has 0 atom stereocenters. The molecule has 0 aromatic heterocycles. The van der Waals surface area contributed by atoms with Crippen LogP contribution in [0.15, 0.2) is 18.2 Å². The minimum Gasteiger partial charge on any atom is -0.315 e. The average Bonchev–Trinajstić information content (AvgIpc) is 2.22. The molecule has 0 aliphatic carbocycles. The summed E-state index contributed by atoms with van der Waals surface area (Å²) in [6.45, 7) is 7.89. The van der Waals surface area contributed by atoms with E-state index in [1.165, 1.54) is 0 Å². The Labute approximate surface area is 103 Å². The van der Waals surface area contributed by atoms with Gasteiger partial charge in [-0.2, -0.15) is 12.6 Å². The van der Waals surface area contributed by atoms with Crippen molar-refractivity contribution in [3.05, 3.63) is 35.1 Å². The molecule has 1 N–H and O–H groups in total. The van der Waals surface area contributed by atoms with Gasteiger partial charge in [-0.3, -0.25) is 0 Å². The molecule has 0 radical (unpaired) electrons. The van der Waals surface area contributed by atoms with Crippen LogP contribution >= 0.6 is 12.6 Å². The van der Waals surface area contributed by atoms with Crippen molar-refractivity contribution in [2.75, 3.05) is 18.8 Å². The summed E-state index contributed by atoms with van der Waals surface area (Å²) >= 11 is 4.16. The van der Waals surface area contributed by atoms with Crippen molar-refractivity contribution in [1.29, 1.82) is 0 Å². The topological polar surface area (TPSA) is 12.0 Å². The maximum atomic E-state index is 13.2. The minimum atomic E-state index is -0.136. The highest BCUT2D eigenvalue weighted by molar-refractivity contribution is 7.80. The summed E-state index contributed by atoms with van der Waals surface area (Å²) in [6, 6.07) is 5.34. The van der Waals surface area contributed by atoms with Crippen molar-refractivity contribution in [2.45, 2.75) is 26.2 Å². The second kappa shape index (κ2) is 5.69. The van der Waals surface area contributed by atoms with Gasteiger partial charge in [-0.1, -0.05) is 26.0 Å². The predicted octanol–water partition coefficient (Wildman–Crippen LogP) is 2.93. The first-order chi connectivity index (χ1) is 7.47. The highest BCUT2D eigenvalue weighted by Gasteiger charge is 2.20. The molecule has 0 spiro atoms. The van der Waals surface area contributed by atoms with Gasteiger partial charge in [-0.15, -0.1) is 0 Å². The highest BCUT2D eigenvalue weighted by Crippen LogP contribution is 2.24. The van der Waals surface area contributed by atoms with Gasteiger partial charge in [0.25, 0.3) is 0 Å². The zero-order chi connectivity index (χ0) is 12.2. The van der Waals surface area contributed by atoms with Crippen LogP contribution in [0.3, 0.4) is 0 Å². The maximum absolute atomic E-state index is 13.2. The van der Waals surface area contributed by atoms with Gasteiger partial charge in [0.1, 0.15) is 5.82 Å². The molecule has 0 fully saturated rings. The van der Waals surface area contributed by atoms with E-state index in [1.54, 1.807) is 13.0 Å². The predicted molar refractivity (Wildman–Crippen MR) is 70.9 cm³/mol. The fourth-order valence-electron chi connectivity index (χ4n) is 1.65. The van der Waals surface area contributed by atoms with E-state index >= 15 is 0 Å². The summed E-state index contributed by atoms with van der Waals surface area (Å²) in [7, 11) is 0. The molecule has 90 valence electrons. The first-order valence-corrected chi connectivity index (χ1v) is 6.19. The van der Waals surface area contributed by atoms with Crippen LogP contribution < -0.4 is 5.32 Å². The molecule has 0 unspecified atom stereocenters. The molecule has 3 heteroatoms. The Kier molecular flexibility index (Phi) is 4.81. The number of halogens is 1. The fourth-order valence-corrected chi connectivity index (χ4v) is 1.81. The van der Waals surface area contributed by atoms with E-state index in [0.29, 0.717) is 5.56 Å². The quantitative estimate of drug-likeness (QED) is 0.596. The molecule has 1 nitrogen and oxygen atoms in total. The normalized spacial score (nSPS) is 11.8. The molecule has 0 amide bonds. The Morgan fingerprint density at radius 2 is 2.06 bits per heavy atom. The molecule has 0 aliphatic rings. The van der Waals surface area contributed by atoms with Crippen LogP contribution in [0.4, 0.5) is 4.39 Å². The van der Waals surface area contributed by atoms with Gasteiger partial charge in [-0.05, 0) is 24.1 Å². The van der Waals surface area contributed by atoms with Gasteiger partial charge in [0.15, 0.2) is 0 Å². The largest absolute Gasteiger partial charge is 0.315 e. The van der Waals surface area contributed by atoms with E-state index in [4.69, 9.17) is 0 Å². The lowest BCUT2D eigenvalue weighted by Crippen LogP contribution is -2.34. The van der Waals surface area contributed by atoms with Gasteiger partial charge in [0.05, 0.1) is 0 Å². The van der Waals surface area contributed by atoms with Gasteiger partial charge in [0.2, 0.25) is 0 Å². The third kappa shape index (κ3) is 3.49. The summed E-state index contributed by atoms with van der Waals surface area (Å²) in [5.74, 6) is 0.696. The molecule has 1 aromatic carbocycles. The minimum absolute atomic E-state index is 0.0153. The maximum Gasteiger partial charge on any atom is 0.126 e. The Bertz CT molecular complexity index is 350. The van der Waals surface area contributed by atoms with Crippen molar-refractivity contribution in [3.63, 3.8) is 0 Å². The average molecular weight is 241 g/mol. The van der Waals surface area contributed by atoms with Crippen LogP contribution in [-0.2, 0) is 5.41 Å². The molecule has 0 bridgehead atoms. The number of aryl methyl sites for hydroxylation is 1. The van der Waals surface area contributed by atoms with E-state index in [1.807, 2.05) is 12.1 Å². The number of benzene rings is 1. The van der Waals surface area contributed by atoms with Crippen LogP contribution in [-0.4, -0.2) is 18.8 Å². The lowest BCUT2D eigenvalue weighted by atomic mass is 9.84. The van der Waals surface area contributed by atoms with Gasteiger partial charge < -0.3 is 5.32 Å². The summed E-state index contributed by atoms with van der Waals surface area (Å²) in [6.07, 6.45) is 0. The van der Waals surface area contributed by atoms with Crippen LogP contribution in [0.5, 0.6) is 0 Å². The summed E-state index contributed by atoms with van der Waals surface area (Å²) < 4.78 is 13.2. The van der Waals surface area contributed by atoms with E-state index in [0.717, 1.165) is 24.4 Å². The van der Waals surface area contributed by atoms with E-state index in [9.17, 15) is 4.39 Å². The zero-order valence-electron chi connectivity index (χ0n) is 10.2. The number of thiol groups is 1. The standard InChI is InChI=1S/C13H20FNS/c1-10-8-11(4-5-12(10)14)13(2,3)9-15-6-7-16/h4-5,8,15-16H,6-7,9H2,1-3H3. The van der Waals surface area contributed by atoms with Crippen molar-refractivity contribution in [2.24, 2.45) is 0 Å². The lowest BCUT2D eigenvalue weighted by molar-refractivity contribution is 0.477. The van der Waals surface area contributed by atoms with Gasteiger partial charge in [0, 0.05) is 24.3 Å². The Hall–Kier alpha value is -0.540. The van der Waals surface area contributed by atoms with Crippen molar-refractivity contribution in [3.8, 4) is 0 Å². The summed E-state index contributed by atoms with van der Waals surface area (Å²) in [5.41, 5.74) is 1.89. The van der Waals surface area contributed by atoms with Crippen molar-refractivity contribution in [1.82, 2.24) is 5.32 Å². The van der Waals surface area contributed by atoms with E-state index in [-0.39, 0.29) is 11.2 Å². The number of rotatable bonds is 5. The van der Waals surface area contributed by atoms with Crippen LogP contribution in [0.2, 0.25) is 0 Å². The second-order valence-corrected chi connectivity index (χ2v) is 5.20. The second-order valence-electron chi connectivity index (χ2n) is 4.75. The third-order valence-corrected chi connectivity index (χ3v) is 3.02. The smallest absolute Gasteiger partial charge is 0.126 e. The molecule has 1 aromatic rings. The third-order valence-electron chi connectivity index (χ3n) is 2.79. The number of nitrogens with one attached hydrogen (secondary N) is 1. The van der Waals surface area contributed by atoms with Crippen LogP contribution in [0.1, 0.15) is 25.0 Å². The van der Waals surface area contributed by atoms with E-state index in [2.05, 4.69) is 31.8 Å². The number of hydrogen-bond donors (Lipinski definition) is 2. The van der Waals surface area contributed by atoms with Gasteiger partial charge >= 0.3 is 0 Å². The number of hydrogen-bond acceptors (Lipinski definition) is 2. The van der Waals surface area contributed by atoms with Crippen LogP contribution in [0, 0.1) is 12.7 Å². The summed E-state index contributed by atoms with van der Waals surface area (Å²) in [5, 5.41) is 3.34. The molecule has 0 heterocycles. The van der Waals surface area contributed by atoms with Crippen molar-refractivity contribution < 1.29 is 4.39 Å². The Balaban J connectivity index is 2.76. The van der Waals surface area contributed by atoms with Crippen molar-refractivity contribution >= 4 is 12.6 Å². The van der Waals surface area contributed by atoms with Crippen LogP contribution in [0.25, 0.3) is 0 Å². The molecular weight excluding hydrogens is 221 g/mol. The molecule has 1 rings (SSSR count). The first-order valence-electron chi connectivity index (χ1n) is 5.55. The lowest BCUT2D eigenvalue weighted by Gasteiger charge is -2.26. The molecular formula is C13H20FNS. The zero-order valence-corrected chi connectivity index (χ0v) is 11.1. The molecule has 0 saturated heterocycles. The highest BCUT2D eigenvalue weighted by atomic mass is 32.1. The van der Waals surface area contributed by atoms with Gasteiger partial charge in [-0.25, -0.2) is 4.39 Å². The Morgan fingerprint density at radius 1 is 1.38 bits per heavy atom.